The molecule has 2 nitrogen and oxygen atoms in total. The Morgan fingerprint density at radius 2 is 1.74 bits per heavy atom. The monoisotopic (exact) mass is 252 g/mol. The molecule has 0 aliphatic heterocycles. The molecular formula is C17H20N2. The number of rotatable bonds is 3. The van der Waals surface area contributed by atoms with Crippen molar-refractivity contribution in [1.29, 1.82) is 0 Å². The highest BCUT2D eigenvalue weighted by atomic mass is 15.1. The molecule has 1 unspecified atom stereocenters. The van der Waals surface area contributed by atoms with E-state index in [0.29, 0.717) is 6.04 Å². The zero-order chi connectivity index (χ0) is 13.2. The Hall–Kier alpha value is -1.96. The molecule has 0 aromatic heterocycles. The van der Waals surface area contributed by atoms with Gasteiger partial charge in [-0.1, -0.05) is 24.3 Å². The second kappa shape index (κ2) is 4.96. The standard InChI is InChI=1S/C17H20N2/c1-19(2)15-10-8-14(9-11-15)18-17-12-7-13-5-3-4-6-16(13)17/h3-6,8-11,17-18H,7,12H2,1-2H3. The highest BCUT2D eigenvalue weighted by molar-refractivity contribution is 5.56. The summed E-state index contributed by atoms with van der Waals surface area (Å²) in [5.41, 5.74) is 5.38. The number of aryl methyl sites for hydroxylation is 1. The molecule has 1 aliphatic carbocycles. The summed E-state index contributed by atoms with van der Waals surface area (Å²) in [5, 5.41) is 3.64. The van der Waals surface area contributed by atoms with E-state index >= 15 is 0 Å². The third-order valence-electron chi connectivity index (χ3n) is 3.86. The Labute approximate surface area is 115 Å². The minimum atomic E-state index is 0.460. The lowest BCUT2D eigenvalue weighted by Crippen LogP contribution is -2.09. The summed E-state index contributed by atoms with van der Waals surface area (Å²) in [5.74, 6) is 0. The maximum absolute atomic E-state index is 3.64. The van der Waals surface area contributed by atoms with Crippen LogP contribution < -0.4 is 10.2 Å². The van der Waals surface area contributed by atoms with Gasteiger partial charge < -0.3 is 10.2 Å². The normalized spacial score (nSPS) is 17.1. The molecular weight excluding hydrogens is 232 g/mol. The fourth-order valence-electron chi connectivity index (χ4n) is 2.76. The predicted molar refractivity (Wildman–Crippen MR) is 81.9 cm³/mol. The number of nitrogens with zero attached hydrogens (tertiary/aromatic N) is 1. The van der Waals surface area contributed by atoms with Crippen LogP contribution >= 0.6 is 0 Å². The molecule has 1 aliphatic rings. The number of benzene rings is 2. The van der Waals surface area contributed by atoms with Gasteiger partial charge in [0.05, 0.1) is 6.04 Å². The lowest BCUT2D eigenvalue weighted by molar-refractivity contribution is 0.762. The maximum Gasteiger partial charge on any atom is 0.0519 e. The maximum atomic E-state index is 3.64. The van der Waals surface area contributed by atoms with Crippen molar-refractivity contribution in [1.82, 2.24) is 0 Å². The number of hydrogen-bond donors (Lipinski definition) is 1. The van der Waals surface area contributed by atoms with Gasteiger partial charge in [0.1, 0.15) is 0 Å². The van der Waals surface area contributed by atoms with Crippen LogP contribution in [-0.4, -0.2) is 14.1 Å². The molecule has 0 bridgehead atoms. The van der Waals surface area contributed by atoms with E-state index in [-0.39, 0.29) is 0 Å². The van der Waals surface area contributed by atoms with Crippen molar-refractivity contribution in [2.75, 3.05) is 24.3 Å². The Balaban J connectivity index is 1.76. The zero-order valence-electron chi connectivity index (χ0n) is 11.6. The molecule has 0 saturated carbocycles. The van der Waals surface area contributed by atoms with E-state index in [1.807, 2.05) is 0 Å². The minimum Gasteiger partial charge on any atom is -0.378 e. The van der Waals surface area contributed by atoms with E-state index in [4.69, 9.17) is 0 Å². The van der Waals surface area contributed by atoms with Gasteiger partial charge in [0.15, 0.2) is 0 Å². The molecule has 0 heterocycles. The summed E-state index contributed by atoms with van der Waals surface area (Å²) in [7, 11) is 4.13. The molecule has 2 aromatic carbocycles. The fourth-order valence-corrected chi connectivity index (χ4v) is 2.76. The summed E-state index contributed by atoms with van der Waals surface area (Å²) in [6, 6.07) is 17.8. The van der Waals surface area contributed by atoms with E-state index in [2.05, 4.69) is 72.8 Å². The van der Waals surface area contributed by atoms with Gasteiger partial charge in [0.25, 0.3) is 0 Å². The van der Waals surface area contributed by atoms with Crippen LogP contribution in [0.5, 0.6) is 0 Å². The molecule has 0 radical (unpaired) electrons. The van der Waals surface area contributed by atoms with Gasteiger partial charge in [-0.05, 0) is 48.2 Å². The lowest BCUT2D eigenvalue weighted by Gasteiger charge is -2.17. The summed E-state index contributed by atoms with van der Waals surface area (Å²) < 4.78 is 0. The van der Waals surface area contributed by atoms with Crippen LogP contribution in [0.4, 0.5) is 11.4 Å². The van der Waals surface area contributed by atoms with Crippen molar-refractivity contribution in [3.8, 4) is 0 Å². The van der Waals surface area contributed by atoms with Gasteiger partial charge in [-0.3, -0.25) is 0 Å². The first-order valence-corrected chi connectivity index (χ1v) is 6.86. The quantitative estimate of drug-likeness (QED) is 0.892. The summed E-state index contributed by atoms with van der Waals surface area (Å²) in [4.78, 5) is 2.12. The van der Waals surface area contributed by atoms with Crippen LogP contribution in [0.2, 0.25) is 0 Å². The number of anilines is 2. The van der Waals surface area contributed by atoms with Crippen molar-refractivity contribution >= 4 is 11.4 Å². The molecule has 0 fully saturated rings. The van der Waals surface area contributed by atoms with E-state index in [1.54, 1.807) is 0 Å². The average molecular weight is 252 g/mol. The van der Waals surface area contributed by atoms with Gasteiger partial charge in [0.2, 0.25) is 0 Å². The number of hydrogen-bond acceptors (Lipinski definition) is 2. The largest absolute Gasteiger partial charge is 0.378 e. The van der Waals surface area contributed by atoms with E-state index in [1.165, 1.54) is 35.3 Å². The van der Waals surface area contributed by atoms with Crippen LogP contribution in [0.3, 0.4) is 0 Å². The molecule has 2 heteroatoms. The van der Waals surface area contributed by atoms with Gasteiger partial charge in [0, 0.05) is 25.5 Å². The molecule has 0 saturated heterocycles. The molecule has 1 atom stereocenters. The Kier molecular flexibility index (Phi) is 3.16. The average Bonchev–Trinajstić information content (AvgIpc) is 2.83. The molecule has 1 N–H and O–H groups in total. The van der Waals surface area contributed by atoms with E-state index < -0.39 is 0 Å². The Morgan fingerprint density at radius 3 is 2.47 bits per heavy atom. The van der Waals surface area contributed by atoms with E-state index in [0.717, 1.165) is 0 Å². The van der Waals surface area contributed by atoms with Crippen molar-refractivity contribution < 1.29 is 0 Å². The smallest absolute Gasteiger partial charge is 0.0519 e. The van der Waals surface area contributed by atoms with Crippen LogP contribution in [0, 0.1) is 0 Å². The van der Waals surface area contributed by atoms with Gasteiger partial charge in [-0.25, -0.2) is 0 Å². The highest BCUT2D eigenvalue weighted by Crippen LogP contribution is 2.33. The first-order valence-electron chi connectivity index (χ1n) is 6.86. The molecule has 0 spiro atoms. The first kappa shape index (κ1) is 12.1. The summed E-state index contributed by atoms with van der Waals surface area (Å²) in [6.45, 7) is 0. The molecule has 0 amide bonds. The molecule has 2 aromatic rings. The van der Waals surface area contributed by atoms with Gasteiger partial charge >= 0.3 is 0 Å². The molecule has 19 heavy (non-hydrogen) atoms. The predicted octanol–water partition coefficient (Wildman–Crippen LogP) is 3.85. The minimum absolute atomic E-state index is 0.460. The topological polar surface area (TPSA) is 15.3 Å². The Morgan fingerprint density at radius 1 is 1.00 bits per heavy atom. The van der Waals surface area contributed by atoms with Crippen LogP contribution in [-0.2, 0) is 6.42 Å². The van der Waals surface area contributed by atoms with Crippen LogP contribution in [0.15, 0.2) is 48.5 Å². The second-order valence-corrected chi connectivity index (χ2v) is 5.38. The molecule has 98 valence electrons. The third kappa shape index (κ3) is 2.43. The third-order valence-corrected chi connectivity index (χ3v) is 3.86. The van der Waals surface area contributed by atoms with Crippen molar-refractivity contribution in [3.63, 3.8) is 0 Å². The first-order chi connectivity index (χ1) is 9.24. The highest BCUT2D eigenvalue weighted by Gasteiger charge is 2.21. The van der Waals surface area contributed by atoms with Gasteiger partial charge in [-0.15, -0.1) is 0 Å². The van der Waals surface area contributed by atoms with Crippen molar-refractivity contribution in [2.24, 2.45) is 0 Å². The zero-order valence-corrected chi connectivity index (χ0v) is 11.6. The number of fused-ring (bicyclic) bond motifs is 1. The van der Waals surface area contributed by atoms with E-state index in [9.17, 15) is 0 Å². The SMILES string of the molecule is CN(C)c1ccc(NC2CCc3ccccc32)cc1. The lowest BCUT2D eigenvalue weighted by atomic mass is 10.1. The van der Waals surface area contributed by atoms with Gasteiger partial charge in [-0.2, -0.15) is 0 Å². The molecule has 3 rings (SSSR count). The summed E-state index contributed by atoms with van der Waals surface area (Å²) >= 11 is 0. The van der Waals surface area contributed by atoms with Crippen LogP contribution in [0.1, 0.15) is 23.6 Å². The summed E-state index contributed by atoms with van der Waals surface area (Å²) in [6.07, 6.45) is 2.37. The number of nitrogens with one attached hydrogen (secondary N) is 1. The van der Waals surface area contributed by atoms with Crippen LogP contribution in [0.25, 0.3) is 0 Å². The van der Waals surface area contributed by atoms with Crippen molar-refractivity contribution in [3.05, 3.63) is 59.7 Å². The Bertz CT molecular complexity index is 558. The second-order valence-electron chi connectivity index (χ2n) is 5.38. The fraction of sp³-hybridized carbons (Fsp3) is 0.294. The van der Waals surface area contributed by atoms with Crippen molar-refractivity contribution in [2.45, 2.75) is 18.9 Å².